The SMILES string of the molecule is Cc1ccc([N+](=O)[O-])cc1NC(C)c1ccc(Br)cc1Br. The van der Waals surface area contributed by atoms with Crippen LogP contribution in [0.25, 0.3) is 0 Å². The topological polar surface area (TPSA) is 55.2 Å². The molecule has 0 spiro atoms. The molecule has 1 unspecified atom stereocenters. The van der Waals surface area contributed by atoms with Crippen LogP contribution in [0.4, 0.5) is 11.4 Å². The maximum Gasteiger partial charge on any atom is 0.271 e. The maximum atomic E-state index is 10.9. The minimum absolute atomic E-state index is 0.0215. The molecule has 6 heteroatoms. The molecule has 0 saturated carbocycles. The summed E-state index contributed by atoms with van der Waals surface area (Å²) in [5.74, 6) is 0. The van der Waals surface area contributed by atoms with E-state index in [2.05, 4.69) is 37.2 Å². The fourth-order valence-corrected chi connectivity index (χ4v) is 3.43. The summed E-state index contributed by atoms with van der Waals surface area (Å²) < 4.78 is 1.98. The molecule has 0 heterocycles. The first kappa shape index (κ1) is 16.0. The number of nitro groups is 1. The van der Waals surface area contributed by atoms with E-state index in [1.807, 2.05) is 32.0 Å². The predicted molar refractivity (Wildman–Crippen MR) is 91.7 cm³/mol. The summed E-state index contributed by atoms with van der Waals surface area (Å²) in [7, 11) is 0. The molecular weight excluding hydrogens is 400 g/mol. The second-order valence-electron chi connectivity index (χ2n) is 4.79. The van der Waals surface area contributed by atoms with E-state index in [1.165, 1.54) is 6.07 Å². The fourth-order valence-electron chi connectivity index (χ4n) is 2.04. The highest BCUT2D eigenvalue weighted by Gasteiger charge is 2.13. The van der Waals surface area contributed by atoms with Gasteiger partial charge in [-0.3, -0.25) is 10.1 Å². The summed E-state index contributed by atoms with van der Waals surface area (Å²) in [6, 6.07) is 10.8. The van der Waals surface area contributed by atoms with Crippen molar-refractivity contribution < 1.29 is 4.92 Å². The summed E-state index contributed by atoms with van der Waals surface area (Å²) >= 11 is 6.96. The van der Waals surface area contributed by atoms with Crippen molar-refractivity contribution in [3.05, 3.63) is 66.6 Å². The van der Waals surface area contributed by atoms with E-state index in [0.717, 1.165) is 25.8 Å². The number of hydrogen-bond donors (Lipinski definition) is 1. The van der Waals surface area contributed by atoms with Crippen molar-refractivity contribution in [2.24, 2.45) is 0 Å². The lowest BCUT2D eigenvalue weighted by molar-refractivity contribution is -0.384. The van der Waals surface area contributed by atoms with Crippen molar-refractivity contribution in [3.8, 4) is 0 Å². The summed E-state index contributed by atoms with van der Waals surface area (Å²) in [4.78, 5) is 10.5. The van der Waals surface area contributed by atoms with Gasteiger partial charge in [0.25, 0.3) is 5.69 Å². The Bertz CT molecular complexity index is 689. The number of halogens is 2. The molecule has 0 aliphatic carbocycles. The number of aryl methyl sites for hydroxylation is 1. The van der Waals surface area contributed by atoms with Crippen LogP contribution in [-0.4, -0.2) is 4.92 Å². The lowest BCUT2D eigenvalue weighted by atomic mass is 10.1. The third kappa shape index (κ3) is 3.83. The van der Waals surface area contributed by atoms with Crippen molar-refractivity contribution in [3.63, 3.8) is 0 Å². The Labute approximate surface area is 140 Å². The van der Waals surface area contributed by atoms with Gasteiger partial charge in [-0.05, 0) is 37.1 Å². The second-order valence-corrected chi connectivity index (χ2v) is 6.56. The van der Waals surface area contributed by atoms with Crippen molar-refractivity contribution in [2.75, 3.05) is 5.32 Å². The van der Waals surface area contributed by atoms with Gasteiger partial charge in [0.2, 0.25) is 0 Å². The Balaban J connectivity index is 2.28. The quantitative estimate of drug-likeness (QED) is 0.524. The van der Waals surface area contributed by atoms with Crippen LogP contribution in [0, 0.1) is 17.0 Å². The Kier molecular flexibility index (Phi) is 5.00. The maximum absolute atomic E-state index is 10.9. The van der Waals surface area contributed by atoms with Gasteiger partial charge < -0.3 is 5.32 Å². The number of anilines is 1. The number of nitro benzene ring substituents is 1. The van der Waals surface area contributed by atoms with Gasteiger partial charge in [-0.1, -0.05) is 44.0 Å². The molecule has 0 saturated heterocycles. The van der Waals surface area contributed by atoms with E-state index in [0.29, 0.717) is 0 Å². The third-order valence-electron chi connectivity index (χ3n) is 3.23. The first-order chi connectivity index (χ1) is 9.88. The number of non-ortho nitro benzene ring substituents is 1. The molecule has 0 fully saturated rings. The average molecular weight is 414 g/mol. The third-order valence-corrected chi connectivity index (χ3v) is 4.41. The molecule has 0 aliphatic rings. The zero-order chi connectivity index (χ0) is 15.6. The molecule has 1 N–H and O–H groups in total. The van der Waals surface area contributed by atoms with Gasteiger partial charge >= 0.3 is 0 Å². The van der Waals surface area contributed by atoms with E-state index >= 15 is 0 Å². The van der Waals surface area contributed by atoms with Gasteiger partial charge in [-0.25, -0.2) is 0 Å². The monoisotopic (exact) mass is 412 g/mol. The summed E-state index contributed by atoms with van der Waals surface area (Å²) in [6.45, 7) is 3.95. The Morgan fingerprint density at radius 2 is 1.90 bits per heavy atom. The molecular formula is C15H14Br2N2O2. The molecule has 21 heavy (non-hydrogen) atoms. The number of nitrogens with zero attached hydrogens (tertiary/aromatic N) is 1. The molecule has 0 radical (unpaired) electrons. The molecule has 0 aromatic heterocycles. The van der Waals surface area contributed by atoms with Crippen LogP contribution in [-0.2, 0) is 0 Å². The molecule has 0 bridgehead atoms. The van der Waals surface area contributed by atoms with Gasteiger partial charge in [0, 0.05) is 32.8 Å². The molecule has 2 rings (SSSR count). The van der Waals surface area contributed by atoms with Gasteiger partial charge in [0.1, 0.15) is 0 Å². The minimum atomic E-state index is -0.384. The summed E-state index contributed by atoms with van der Waals surface area (Å²) in [5.41, 5.74) is 2.92. The lowest BCUT2D eigenvalue weighted by Gasteiger charge is -2.18. The molecule has 2 aromatic rings. The van der Waals surface area contributed by atoms with Crippen LogP contribution < -0.4 is 5.32 Å². The van der Waals surface area contributed by atoms with Crippen molar-refractivity contribution in [1.29, 1.82) is 0 Å². The highest BCUT2D eigenvalue weighted by atomic mass is 79.9. The minimum Gasteiger partial charge on any atom is -0.378 e. The number of nitrogens with one attached hydrogen (secondary N) is 1. The molecule has 1 atom stereocenters. The Morgan fingerprint density at radius 3 is 2.52 bits per heavy atom. The van der Waals surface area contributed by atoms with Crippen LogP contribution >= 0.6 is 31.9 Å². The molecule has 0 aliphatic heterocycles. The highest BCUT2D eigenvalue weighted by Crippen LogP contribution is 2.31. The van der Waals surface area contributed by atoms with Crippen molar-refractivity contribution in [2.45, 2.75) is 19.9 Å². The Hall–Kier alpha value is -1.40. The largest absolute Gasteiger partial charge is 0.378 e. The fraction of sp³-hybridized carbons (Fsp3) is 0.200. The van der Waals surface area contributed by atoms with E-state index in [1.54, 1.807) is 12.1 Å². The van der Waals surface area contributed by atoms with Gasteiger partial charge in [-0.15, -0.1) is 0 Å². The highest BCUT2D eigenvalue weighted by molar-refractivity contribution is 9.11. The molecule has 4 nitrogen and oxygen atoms in total. The summed E-state index contributed by atoms with van der Waals surface area (Å²) in [6.07, 6.45) is 0. The number of rotatable bonds is 4. The first-order valence-corrected chi connectivity index (χ1v) is 7.93. The van der Waals surface area contributed by atoms with E-state index in [9.17, 15) is 10.1 Å². The van der Waals surface area contributed by atoms with Crippen LogP contribution in [0.3, 0.4) is 0 Å². The summed E-state index contributed by atoms with van der Waals surface area (Å²) in [5, 5.41) is 14.2. The normalized spacial score (nSPS) is 12.0. The van der Waals surface area contributed by atoms with Crippen LogP contribution in [0.5, 0.6) is 0 Å². The van der Waals surface area contributed by atoms with Crippen molar-refractivity contribution >= 4 is 43.2 Å². The zero-order valence-electron chi connectivity index (χ0n) is 11.6. The van der Waals surface area contributed by atoms with E-state index in [4.69, 9.17) is 0 Å². The Morgan fingerprint density at radius 1 is 1.19 bits per heavy atom. The zero-order valence-corrected chi connectivity index (χ0v) is 14.7. The second kappa shape index (κ2) is 6.58. The van der Waals surface area contributed by atoms with E-state index < -0.39 is 0 Å². The van der Waals surface area contributed by atoms with Crippen LogP contribution in [0.2, 0.25) is 0 Å². The van der Waals surface area contributed by atoms with Crippen LogP contribution in [0.1, 0.15) is 24.1 Å². The number of benzene rings is 2. The molecule has 110 valence electrons. The predicted octanol–water partition coefficient (Wildman–Crippen LogP) is 5.60. The smallest absolute Gasteiger partial charge is 0.271 e. The van der Waals surface area contributed by atoms with Gasteiger partial charge in [0.15, 0.2) is 0 Å². The molecule has 2 aromatic carbocycles. The van der Waals surface area contributed by atoms with Crippen LogP contribution in [0.15, 0.2) is 45.3 Å². The average Bonchev–Trinajstić information content (AvgIpc) is 2.40. The molecule has 0 amide bonds. The first-order valence-electron chi connectivity index (χ1n) is 6.35. The number of hydrogen-bond acceptors (Lipinski definition) is 3. The standard InChI is InChI=1S/C15H14Br2N2O2/c1-9-3-5-12(19(20)21)8-15(9)18-10(2)13-6-4-11(16)7-14(13)17/h3-8,10,18H,1-2H3. The lowest BCUT2D eigenvalue weighted by Crippen LogP contribution is -2.08. The van der Waals surface area contributed by atoms with Gasteiger partial charge in [0.05, 0.1) is 4.92 Å². The van der Waals surface area contributed by atoms with E-state index in [-0.39, 0.29) is 16.7 Å². The van der Waals surface area contributed by atoms with Crippen molar-refractivity contribution in [1.82, 2.24) is 0 Å². The van der Waals surface area contributed by atoms with Gasteiger partial charge in [-0.2, -0.15) is 0 Å².